The highest BCUT2D eigenvalue weighted by atomic mass is 16.5. The van der Waals surface area contributed by atoms with E-state index in [2.05, 4.69) is 16.8 Å². The Kier molecular flexibility index (Phi) is 4.50. The summed E-state index contributed by atoms with van der Waals surface area (Å²) in [7, 11) is 1.78. The molecule has 0 saturated carbocycles. The Morgan fingerprint density at radius 3 is 3.05 bits per heavy atom. The normalized spacial score (nSPS) is 17.7. The monoisotopic (exact) mass is 259 g/mol. The molecular formula is C14H17N3O2. The number of hydrogen-bond acceptors (Lipinski definition) is 4. The van der Waals surface area contributed by atoms with Crippen LogP contribution in [-0.4, -0.2) is 48.6 Å². The number of hydrogen-bond donors (Lipinski definition) is 1. The first-order valence-electron chi connectivity index (χ1n) is 6.22. The molecule has 0 spiro atoms. The number of amides is 1. The maximum Gasteiger partial charge on any atom is 0.272 e. The first-order valence-corrected chi connectivity index (χ1v) is 6.22. The summed E-state index contributed by atoms with van der Waals surface area (Å²) < 4.78 is 5.28. The molecule has 0 aromatic carbocycles. The van der Waals surface area contributed by atoms with Gasteiger partial charge < -0.3 is 15.4 Å². The molecule has 2 rings (SSSR count). The fraction of sp³-hybridized carbons (Fsp3) is 0.429. The minimum atomic E-state index is -0.0890. The summed E-state index contributed by atoms with van der Waals surface area (Å²) >= 11 is 0. The Labute approximate surface area is 112 Å². The Morgan fingerprint density at radius 1 is 1.63 bits per heavy atom. The topological polar surface area (TPSA) is 68.5 Å². The second kappa shape index (κ2) is 6.32. The summed E-state index contributed by atoms with van der Waals surface area (Å²) in [5.74, 6) is 5.53. The molecule has 1 saturated heterocycles. The largest absolute Gasteiger partial charge is 0.379 e. The molecule has 1 aliphatic rings. The van der Waals surface area contributed by atoms with E-state index in [0.29, 0.717) is 25.5 Å². The van der Waals surface area contributed by atoms with Crippen molar-refractivity contribution in [2.45, 2.75) is 12.5 Å². The number of ether oxygens (including phenoxy) is 1. The van der Waals surface area contributed by atoms with Crippen molar-refractivity contribution in [3.8, 4) is 11.8 Å². The molecule has 5 heteroatoms. The first kappa shape index (κ1) is 13.5. The Balaban J connectivity index is 2.06. The minimum Gasteiger partial charge on any atom is -0.379 e. The van der Waals surface area contributed by atoms with Crippen molar-refractivity contribution in [2.75, 3.05) is 26.8 Å². The summed E-state index contributed by atoms with van der Waals surface area (Å²) in [6.07, 6.45) is 2.47. The van der Waals surface area contributed by atoms with Crippen LogP contribution in [0.2, 0.25) is 0 Å². The predicted octanol–water partition coefficient (Wildman–Crippen LogP) is 0.253. The molecule has 5 nitrogen and oxygen atoms in total. The summed E-state index contributed by atoms with van der Waals surface area (Å²) in [4.78, 5) is 18.1. The third kappa shape index (κ3) is 3.31. The third-order valence-electron chi connectivity index (χ3n) is 3.09. The number of nitrogens with two attached hydrogens (primary N) is 1. The molecule has 0 aliphatic carbocycles. The minimum absolute atomic E-state index is 0.0890. The SMILES string of the molecule is CN(C(=O)c1ccc(C#CCN)cn1)C1CCOC1. The summed E-state index contributed by atoms with van der Waals surface area (Å²) in [6, 6.07) is 3.61. The van der Waals surface area contributed by atoms with E-state index in [-0.39, 0.29) is 11.9 Å². The quantitative estimate of drug-likeness (QED) is 0.773. The zero-order chi connectivity index (χ0) is 13.7. The molecule has 19 heavy (non-hydrogen) atoms. The lowest BCUT2D eigenvalue weighted by Gasteiger charge is -2.22. The molecule has 1 fully saturated rings. The van der Waals surface area contributed by atoms with Gasteiger partial charge in [0.25, 0.3) is 5.91 Å². The van der Waals surface area contributed by atoms with Gasteiger partial charge in [-0.2, -0.15) is 0 Å². The Morgan fingerprint density at radius 2 is 2.47 bits per heavy atom. The van der Waals surface area contributed by atoms with Gasteiger partial charge in [0, 0.05) is 25.4 Å². The van der Waals surface area contributed by atoms with Gasteiger partial charge in [0.15, 0.2) is 0 Å². The van der Waals surface area contributed by atoms with Crippen molar-refractivity contribution in [1.82, 2.24) is 9.88 Å². The fourth-order valence-electron chi connectivity index (χ4n) is 1.92. The molecule has 1 amide bonds. The lowest BCUT2D eigenvalue weighted by Crippen LogP contribution is -2.37. The Hall–Kier alpha value is -1.90. The number of carbonyl (C=O) groups is 1. The standard InChI is InChI=1S/C14H17N3O2/c1-17(12-6-8-19-10-12)14(18)13-5-4-11(9-16-13)3-2-7-15/h4-5,9,12H,6-8,10,15H2,1H3. The molecule has 1 aliphatic heterocycles. The van der Waals surface area contributed by atoms with Crippen LogP contribution >= 0.6 is 0 Å². The molecule has 1 atom stereocenters. The van der Waals surface area contributed by atoms with E-state index in [1.807, 2.05) is 0 Å². The average Bonchev–Trinajstić information content (AvgIpc) is 2.98. The van der Waals surface area contributed by atoms with Crippen molar-refractivity contribution in [2.24, 2.45) is 5.73 Å². The first-order chi connectivity index (χ1) is 9.22. The molecule has 0 radical (unpaired) electrons. The smallest absolute Gasteiger partial charge is 0.272 e. The van der Waals surface area contributed by atoms with Crippen molar-refractivity contribution < 1.29 is 9.53 Å². The van der Waals surface area contributed by atoms with Crippen LogP contribution in [0.1, 0.15) is 22.5 Å². The maximum atomic E-state index is 12.2. The lowest BCUT2D eigenvalue weighted by atomic mass is 10.2. The molecule has 0 bridgehead atoms. The number of aromatic nitrogens is 1. The number of nitrogens with zero attached hydrogens (tertiary/aromatic N) is 2. The number of carbonyl (C=O) groups excluding carboxylic acids is 1. The highest BCUT2D eigenvalue weighted by Gasteiger charge is 2.25. The maximum absolute atomic E-state index is 12.2. The van der Waals surface area contributed by atoms with E-state index >= 15 is 0 Å². The number of likely N-dealkylation sites (N-methyl/N-ethyl adjacent to an activating group) is 1. The fourth-order valence-corrected chi connectivity index (χ4v) is 1.92. The van der Waals surface area contributed by atoms with Crippen molar-refractivity contribution >= 4 is 5.91 Å². The predicted molar refractivity (Wildman–Crippen MR) is 71.5 cm³/mol. The van der Waals surface area contributed by atoms with E-state index in [9.17, 15) is 4.79 Å². The van der Waals surface area contributed by atoms with Crippen molar-refractivity contribution in [3.63, 3.8) is 0 Å². The second-order valence-electron chi connectivity index (χ2n) is 4.37. The Bertz CT molecular complexity index is 496. The van der Waals surface area contributed by atoms with Gasteiger partial charge in [-0.05, 0) is 18.6 Å². The van der Waals surface area contributed by atoms with Crippen LogP contribution in [0.3, 0.4) is 0 Å². The van der Waals surface area contributed by atoms with Gasteiger partial charge in [-0.15, -0.1) is 0 Å². The highest BCUT2D eigenvalue weighted by molar-refractivity contribution is 5.92. The van der Waals surface area contributed by atoms with E-state index in [0.717, 1.165) is 12.0 Å². The van der Waals surface area contributed by atoms with Crippen LogP contribution in [0, 0.1) is 11.8 Å². The van der Waals surface area contributed by atoms with Crippen LogP contribution in [0.15, 0.2) is 18.3 Å². The van der Waals surface area contributed by atoms with Gasteiger partial charge in [-0.25, -0.2) is 4.98 Å². The van der Waals surface area contributed by atoms with E-state index in [1.165, 1.54) is 0 Å². The number of pyridine rings is 1. The van der Waals surface area contributed by atoms with Crippen LogP contribution in [-0.2, 0) is 4.74 Å². The third-order valence-corrected chi connectivity index (χ3v) is 3.09. The van der Waals surface area contributed by atoms with E-state index in [4.69, 9.17) is 10.5 Å². The van der Waals surface area contributed by atoms with Crippen molar-refractivity contribution in [3.05, 3.63) is 29.6 Å². The van der Waals surface area contributed by atoms with Crippen LogP contribution in [0.25, 0.3) is 0 Å². The molecule has 100 valence electrons. The van der Waals surface area contributed by atoms with Crippen LogP contribution in [0.5, 0.6) is 0 Å². The van der Waals surface area contributed by atoms with Gasteiger partial charge >= 0.3 is 0 Å². The van der Waals surface area contributed by atoms with Gasteiger partial charge in [0.05, 0.1) is 19.2 Å². The summed E-state index contributed by atoms with van der Waals surface area (Å²) in [6.45, 7) is 1.62. The van der Waals surface area contributed by atoms with Gasteiger partial charge in [-0.1, -0.05) is 11.8 Å². The summed E-state index contributed by atoms with van der Waals surface area (Å²) in [5.41, 5.74) is 6.48. The average molecular weight is 259 g/mol. The van der Waals surface area contributed by atoms with Gasteiger partial charge in [0.1, 0.15) is 5.69 Å². The molecule has 1 unspecified atom stereocenters. The van der Waals surface area contributed by atoms with Crippen LogP contribution in [0.4, 0.5) is 0 Å². The molecule has 2 heterocycles. The number of rotatable bonds is 2. The van der Waals surface area contributed by atoms with Crippen molar-refractivity contribution in [1.29, 1.82) is 0 Å². The second-order valence-corrected chi connectivity index (χ2v) is 4.37. The zero-order valence-corrected chi connectivity index (χ0v) is 10.9. The molecular weight excluding hydrogens is 242 g/mol. The van der Waals surface area contributed by atoms with Gasteiger partial charge in [0.2, 0.25) is 0 Å². The zero-order valence-electron chi connectivity index (χ0n) is 10.9. The van der Waals surface area contributed by atoms with E-state index in [1.54, 1.807) is 30.3 Å². The van der Waals surface area contributed by atoms with Gasteiger partial charge in [-0.3, -0.25) is 4.79 Å². The highest BCUT2D eigenvalue weighted by Crippen LogP contribution is 2.13. The van der Waals surface area contributed by atoms with E-state index < -0.39 is 0 Å². The lowest BCUT2D eigenvalue weighted by molar-refractivity contribution is 0.0705. The summed E-state index contributed by atoms with van der Waals surface area (Å²) in [5, 5.41) is 0. The molecule has 2 N–H and O–H groups in total. The van der Waals surface area contributed by atoms with Crippen LogP contribution < -0.4 is 5.73 Å². The molecule has 1 aromatic rings. The molecule has 1 aromatic heterocycles.